The highest BCUT2D eigenvalue weighted by Gasteiger charge is 2.38. The van der Waals surface area contributed by atoms with Crippen molar-refractivity contribution in [1.82, 2.24) is 15.3 Å². The highest BCUT2D eigenvalue weighted by Crippen LogP contribution is 2.24. The van der Waals surface area contributed by atoms with Crippen molar-refractivity contribution in [3.8, 4) is 0 Å². The molecule has 0 unspecified atom stereocenters. The van der Waals surface area contributed by atoms with E-state index in [0.717, 1.165) is 11.4 Å². The minimum atomic E-state index is -5.08. The maximum Gasteiger partial charge on any atom is 0.490 e. The average molecular weight is 468 g/mol. The number of amides is 1. The molecule has 2 aromatic heterocycles. The molecule has 1 amide bonds. The van der Waals surface area contributed by atoms with Gasteiger partial charge in [-0.3, -0.25) is 4.79 Å². The lowest BCUT2D eigenvalue weighted by molar-refractivity contribution is -0.192. The summed E-state index contributed by atoms with van der Waals surface area (Å²) in [5.74, 6) is -2.15. The van der Waals surface area contributed by atoms with Gasteiger partial charge in [-0.15, -0.1) is 11.3 Å². The first-order valence-electron chi connectivity index (χ1n) is 8.47. The molecule has 2 heterocycles. The molecule has 0 atom stereocenters. The van der Waals surface area contributed by atoms with Crippen LogP contribution in [0.3, 0.4) is 0 Å². The summed E-state index contributed by atoms with van der Waals surface area (Å²) in [6, 6.07) is 3.87. The molecule has 0 bridgehead atoms. The van der Waals surface area contributed by atoms with Crippen LogP contribution in [0.5, 0.6) is 0 Å². The molecule has 2 rings (SSSR count). The molecule has 8 nitrogen and oxygen atoms in total. The number of aromatic nitrogens is 2. The van der Waals surface area contributed by atoms with Crippen molar-refractivity contribution in [2.24, 2.45) is 5.92 Å². The summed E-state index contributed by atoms with van der Waals surface area (Å²) in [4.78, 5) is 32.4. The van der Waals surface area contributed by atoms with E-state index in [0.29, 0.717) is 18.3 Å². The van der Waals surface area contributed by atoms with E-state index in [4.69, 9.17) is 27.2 Å². The van der Waals surface area contributed by atoms with Crippen molar-refractivity contribution >= 4 is 46.4 Å². The third-order valence-corrected chi connectivity index (χ3v) is 4.45. The molecule has 0 fully saturated rings. The predicted molar refractivity (Wildman–Crippen MR) is 109 cm³/mol. The third kappa shape index (κ3) is 8.03. The second-order valence-corrected chi connectivity index (χ2v) is 7.80. The summed E-state index contributed by atoms with van der Waals surface area (Å²) in [6.07, 6.45) is -5.08. The minimum Gasteiger partial charge on any atom is -0.475 e. The maximum atomic E-state index is 12.2. The van der Waals surface area contributed by atoms with Crippen LogP contribution in [0, 0.1) is 5.92 Å². The molecular weight excluding hydrogens is 447 g/mol. The van der Waals surface area contributed by atoms with Gasteiger partial charge in [0, 0.05) is 18.5 Å². The molecule has 0 aliphatic heterocycles. The van der Waals surface area contributed by atoms with Crippen molar-refractivity contribution < 1.29 is 27.9 Å². The summed E-state index contributed by atoms with van der Waals surface area (Å²) < 4.78 is 31.7. The topological polar surface area (TPSA) is 121 Å². The summed E-state index contributed by atoms with van der Waals surface area (Å²) in [5.41, 5.74) is 5.94. The number of nitrogens with two attached hydrogens (primary N) is 1. The first kappa shape index (κ1) is 25.4. The van der Waals surface area contributed by atoms with E-state index in [1.165, 1.54) is 0 Å². The number of carbonyl (C=O) groups is 2. The van der Waals surface area contributed by atoms with Gasteiger partial charge in [0.05, 0.1) is 6.54 Å². The Labute approximate surface area is 179 Å². The highest BCUT2D eigenvalue weighted by atomic mass is 35.5. The molecular formula is C17H21ClF3N5O3S. The second kappa shape index (κ2) is 11.0. The number of nitrogens with one attached hydrogen (secondary N) is 1. The lowest BCUT2D eigenvalue weighted by Gasteiger charge is -2.21. The van der Waals surface area contributed by atoms with Gasteiger partial charge in [0.15, 0.2) is 22.5 Å². The molecule has 0 aromatic carbocycles. The number of nitrogen functional groups attached to an aromatic ring is 1. The summed E-state index contributed by atoms with van der Waals surface area (Å²) >= 11 is 7.74. The smallest absolute Gasteiger partial charge is 0.475 e. The zero-order valence-electron chi connectivity index (χ0n) is 16.3. The van der Waals surface area contributed by atoms with E-state index in [1.54, 1.807) is 11.3 Å². The van der Waals surface area contributed by atoms with Gasteiger partial charge in [-0.1, -0.05) is 31.5 Å². The Morgan fingerprint density at radius 1 is 1.37 bits per heavy atom. The lowest BCUT2D eigenvalue weighted by Crippen LogP contribution is -2.28. The second-order valence-electron chi connectivity index (χ2n) is 6.41. The van der Waals surface area contributed by atoms with Gasteiger partial charge in [0.2, 0.25) is 0 Å². The van der Waals surface area contributed by atoms with Gasteiger partial charge >= 0.3 is 12.1 Å². The van der Waals surface area contributed by atoms with Gasteiger partial charge in [-0.25, -0.2) is 14.8 Å². The van der Waals surface area contributed by atoms with Crippen molar-refractivity contribution in [3.63, 3.8) is 0 Å². The normalized spacial score (nSPS) is 10.9. The number of carboxylic acids is 1. The van der Waals surface area contributed by atoms with Crippen LogP contribution < -0.4 is 16.0 Å². The van der Waals surface area contributed by atoms with Crippen molar-refractivity contribution in [1.29, 1.82) is 0 Å². The molecule has 13 heteroatoms. The van der Waals surface area contributed by atoms with E-state index in [1.807, 2.05) is 29.5 Å². The number of nitrogens with zero attached hydrogens (tertiary/aromatic N) is 3. The number of hydrogen-bond donors (Lipinski definition) is 3. The number of aliphatic carboxylic acids is 1. The van der Waals surface area contributed by atoms with Crippen molar-refractivity contribution in [3.05, 3.63) is 33.2 Å². The van der Waals surface area contributed by atoms with Gasteiger partial charge in [0.1, 0.15) is 0 Å². The number of anilines is 2. The number of carbonyl (C=O) groups excluding carboxylic acids is 1. The fraction of sp³-hybridized carbons (Fsp3) is 0.412. The fourth-order valence-electron chi connectivity index (χ4n) is 2.13. The summed E-state index contributed by atoms with van der Waals surface area (Å²) in [7, 11) is 1.87. The molecule has 166 valence electrons. The number of hydrogen-bond acceptors (Lipinski definition) is 7. The zero-order valence-corrected chi connectivity index (χ0v) is 17.9. The van der Waals surface area contributed by atoms with Crippen molar-refractivity contribution in [2.45, 2.75) is 26.6 Å². The molecule has 30 heavy (non-hydrogen) atoms. The summed E-state index contributed by atoms with van der Waals surface area (Å²) in [5, 5.41) is 12.0. The van der Waals surface area contributed by atoms with Gasteiger partial charge in [0.25, 0.3) is 5.91 Å². The number of carboxylic acid groups (broad SMARTS) is 1. The van der Waals surface area contributed by atoms with Crippen LogP contribution in [0.1, 0.15) is 29.2 Å². The van der Waals surface area contributed by atoms with Crippen LogP contribution >= 0.6 is 22.9 Å². The molecule has 0 saturated heterocycles. The zero-order chi connectivity index (χ0) is 23.1. The standard InChI is InChI=1S/C15H20ClN5OS.C2HF3O2/c1-9(2)8-21(3)14-12(16)19-11(13(17)20-14)15(22)18-7-10-5-4-6-23-10;3-2(4,5)1(6)7/h4-6,9H,7-8H2,1-3H3,(H2,17,20)(H,18,22);(H,6,7). The third-order valence-electron chi connectivity index (χ3n) is 3.32. The minimum absolute atomic E-state index is 0.0493. The van der Waals surface area contributed by atoms with E-state index in [2.05, 4.69) is 29.1 Å². The van der Waals surface area contributed by atoms with Gasteiger partial charge < -0.3 is 21.1 Å². The Bertz CT molecular complexity index is 863. The first-order chi connectivity index (χ1) is 13.8. The van der Waals surface area contributed by atoms with E-state index >= 15 is 0 Å². The van der Waals surface area contributed by atoms with E-state index in [-0.39, 0.29) is 22.6 Å². The molecule has 0 aliphatic rings. The average Bonchev–Trinajstić information content (AvgIpc) is 3.14. The Hall–Kier alpha value is -2.60. The Balaban J connectivity index is 0.000000553. The van der Waals surface area contributed by atoms with Crippen LogP contribution in [0.25, 0.3) is 0 Å². The largest absolute Gasteiger partial charge is 0.490 e. The van der Waals surface area contributed by atoms with E-state index in [9.17, 15) is 18.0 Å². The monoisotopic (exact) mass is 467 g/mol. The van der Waals surface area contributed by atoms with Crippen molar-refractivity contribution in [2.75, 3.05) is 24.2 Å². The molecule has 2 aromatic rings. The SMILES string of the molecule is CC(C)CN(C)c1nc(N)c(C(=O)NCc2cccs2)nc1Cl.O=C(O)C(F)(F)F. The van der Waals surface area contributed by atoms with Gasteiger partial charge in [-0.05, 0) is 17.4 Å². The van der Waals surface area contributed by atoms with Gasteiger partial charge in [-0.2, -0.15) is 13.2 Å². The molecule has 0 saturated carbocycles. The number of alkyl halides is 3. The lowest BCUT2D eigenvalue weighted by atomic mass is 10.2. The first-order valence-corrected chi connectivity index (χ1v) is 9.73. The fourth-order valence-corrected chi connectivity index (χ4v) is 3.04. The van der Waals surface area contributed by atoms with E-state index < -0.39 is 12.1 Å². The Morgan fingerprint density at radius 3 is 2.43 bits per heavy atom. The van der Waals surface area contributed by atoms with Crippen LogP contribution in [0.2, 0.25) is 5.15 Å². The molecule has 0 aliphatic carbocycles. The number of rotatable bonds is 6. The van der Waals surface area contributed by atoms with Crippen LogP contribution in [0.4, 0.5) is 24.8 Å². The Kier molecular flexibility index (Phi) is 9.30. The molecule has 0 spiro atoms. The molecule has 4 N–H and O–H groups in total. The van der Waals surface area contributed by atoms with Crippen LogP contribution in [0.15, 0.2) is 17.5 Å². The maximum absolute atomic E-state index is 12.2. The van der Waals surface area contributed by atoms with Crippen LogP contribution in [-0.4, -0.2) is 46.7 Å². The number of halogens is 4. The highest BCUT2D eigenvalue weighted by molar-refractivity contribution is 7.09. The van der Waals surface area contributed by atoms with Crippen LogP contribution in [-0.2, 0) is 11.3 Å². The number of thiophene rings is 1. The quantitative estimate of drug-likeness (QED) is 0.595. The molecule has 0 radical (unpaired) electrons. The summed E-state index contributed by atoms with van der Waals surface area (Å²) in [6.45, 7) is 5.36. The predicted octanol–water partition coefficient (Wildman–Crippen LogP) is 3.43. The Morgan fingerprint density at radius 2 is 1.97 bits per heavy atom.